The summed E-state index contributed by atoms with van der Waals surface area (Å²) in [6, 6.07) is 18.1. The van der Waals surface area contributed by atoms with Crippen LogP contribution in [-0.4, -0.2) is 6.03 Å². The number of furan rings is 1. The molecule has 146 valence electrons. The number of carbonyl (C=O) groups is 1. The molecule has 0 radical (unpaired) electrons. The Kier molecular flexibility index (Phi) is 5.22. The Morgan fingerprint density at radius 3 is 2.34 bits per heavy atom. The average molecular weight is 425 g/mol. The van der Waals surface area contributed by atoms with Gasteiger partial charge in [-0.15, -0.1) is 0 Å². The number of benzene rings is 3. The van der Waals surface area contributed by atoms with E-state index in [-0.39, 0.29) is 0 Å². The van der Waals surface area contributed by atoms with Crippen molar-refractivity contribution in [3.05, 3.63) is 81.8 Å². The topological polar surface area (TPSA) is 54.3 Å². The first-order chi connectivity index (χ1) is 13.9. The second kappa shape index (κ2) is 7.82. The number of fused-ring (bicyclic) bond motifs is 1. The van der Waals surface area contributed by atoms with Crippen LogP contribution in [-0.2, 0) is 0 Å². The Bertz CT molecular complexity index is 1210. The summed E-state index contributed by atoms with van der Waals surface area (Å²) < 4.78 is 5.94. The van der Waals surface area contributed by atoms with Crippen LogP contribution >= 0.6 is 23.2 Å². The molecule has 0 atom stereocenters. The molecule has 0 spiro atoms. The Morgan fingerprint density at radius 2 is 1.62 bits per heavy atom. The van der Waals surface area contributed by atoms with Gasteiger partial charge in [0.15, 0.2) is 0 Å². The Hall–Kier alpha value is -2.95. The van der Waals surface area contributed by atoms with Crippen LogP contribution in [0.3, 0.4) is 0 Å². The quantitative estimate of drug-likeness (QED) is 0.354. The highest BCUT2D eigenvalue weighted by Gasteiger charge is 2.20. The van der Waals surface area contributed by atoms with Gasteiger partial charge in [-0.05, 0) is 49.2 Å². The lowest BCUT2D eigenvalue weighted by atomic mass is 10.0. The zero-order valence-corrected chi connectivity index (χ0v) is 17.4. The van der Waals surface area contributed by atoms with Crippen molar-refractivity contribution in [1.82, 2.24) is 0 Å². The van der Waals surface area contributed by atoms with Crippen molar-refractivity contribution in [3.63, 3.8) is 0 Å². The fraction of sp³-hybridized carbons (Fsp3) is 0.0870. The van der Waals surface area contributed by atoms with Gasteiger partial charge in [0, 0.05) is 26.7 Å². The van der Waals surface area contributed by atoms with Crippen LogP contribution in [0.4, 0.5) is 16.4 Å². The third-order valence-electron chi connectivity index (χ3n) is 4.74. The summed E-state index contributed by atoms with van der Waals surface area (Å²) >= 11 is 12.6. The van der Waals surface area contributed by atoms with Crippen LogP contribution in [0.1, 0.15) is 11.1 Å². The summed E-state index contributed by atoms with van der Waals surface area (Å²) in [6.45, 7) is 3.89. The second-order valence-corrected chi connectivity index (χ2v) is 7.62. The lowest BCUT2D eigenvalue weighted by molar-refractivity contribution is 0.261. The monoisotopic (exact) mass is 424 g/mol. The fourth-order valence-electron chi connectivity index (χ4n) is 3.35. The number of hydrogen-bond donors (Lipinski definition) is 2. The fourth-order valence-corrected chi connectivity index (χ4v) is 3.75. The molecule has 0 aliphatic carbocycles. The molecule has 1 heterocycles. The molecular weight excluding hydrogens is 407 g/mol. The number of anilines is 2. The van der Waals surface area contributed by atoms with Gasteiger partial charge in [0.2, 0.25) is 5.88 Å². The van der Waals surface area contributed by atoms with Gasteiger partial charge in [0.05, 0.1) is 5.56 Å². The van der Waals surface area contributed by atoms with Crippen LogP contribution < -0.4 is 10.6 Å². The molecule has 2 N–H and O–H groups in total. The molecule has 3 aromatic carbocycles. The highest BCUT2D eigenvalue weighted by molar-refractivity contribution is 6.34. The van der Waals surface area contributed by atoms with E-state index in [1.165, 1.54) is 0 Å². The Balaban J connectivity index is 1.77. The number of rotatable bonds is 3. The van der Waals surface area contributed by atoms with E-state index in [4.69, 9.17) is 27.6 Å². The minimum atomic E-state index is -0.402. The highest BCUT2D eigenvalue weighted by Crippen LogP contribution is 2.42. The highest BCUT2D eigenvalue weighted by atomic mass is 35.5. The van der Waals surface area contributed by atoms with Crippen molar-refractivity contribution in [2.45, 2.75) is 13.8 Å². The Morgan fingerprint density at radius 1 is 0.897 bits per heavy atom. The number of urea groups is 1. The van der Waals surface area contributed by atoms with Gasteiger partial charge in [-0.3, -0.25) is 5.32 Å². The third kappa shape index (κ3) is 3.82. The van der Waals surface area contributed by atoms with E-state index < -0.39 is 6.03 Å². The summed E-state index contributed by atoms with van der Waals surface area (Å²) in [5.41, 5.74) is 4.75. The molecule has 0 aliphatic heterocycles. The van der Waals surface area contributed by atoms with Gasteiger partial charge < -0.3 is 9.73 Å². The molecule has 29 heavy (non-hydrogen) atoms. The van der Waals surface area contributed by atoms with Crippen molar-refractivity contribution < 1.29 is 9.21 Å². The first-order valence-corrected chi connectivity index (χ1v) is 9.81. The number of halogens is 2. The zero-order chi connectivity index (χ0) is 20.5. The van der Waals surface area contributed by atoms with E-state index in [2.05, 4.69) is 10.6 Å². The lowest BCUT2D eigenvalue weighted by Gasteiger charge is -2.12. The van der Waals surface area contributed by atoms with E-state index in [1.807, 2.05) is 50.2 Å². The molecule has 0 unspecified atom stereocenters. The second-order valence-electron chi connectivity index (χ2n) is 6.77. The molecule has 0 saturated heterocycles. The van der Waals surface area contributed by atoms with Gasteiger partial charge in [-0.1, -0.05) is 59.6 Å². The smallest absolute Gasteiger partial charge is 0.326 e. The van der Waals surface area contributed by atoms with Crippen molar-refractivity contribution >= 4 is 51.8 Å². The minimum absolute atomic E-state index is 0.305. The number of para-hydroxylation sites is 1. The molecule has 4 rings (SSSR count). The zero-order valence-electron chi connectivity index (χ0n) is 15.8. The van der Waals surface area contributed by atoms with Crippen LogP contribution in [0.15, 0.2) is 65.1 Å². The molecule has 0 saturated carbocycles. The Labute approximate surface area is 178 Å². The van der Waals surface area contributed by atoms with Crippen molar-refractivity contribution in [1.29, 1.82) is 0 Å². The molecule has 0 fully saturated rings. The molecule has 2 amide bonds. The third-order valence-corrected chi connectivity index (χ3v) is 5.30. The van der Waals surface area contributed by atoms with Crippen LogP contribution in [0.5, 0.6) is 0 Å². The number of carbonyl (C=O) groups excluding carboxylic acids is 1. The first kappa shape index (κ1) is 19.4. The van der Waals surface area contributed by atoms with E-state index in [1.54, 1.807) is 24.3 Å². The maximum Gasteiger partial charge on any atom is 0.326 e. The summed E-state index contributed by atoms with van der Waals surface area (Å²) in [6.07, 6.45) is 0. The normalized spacial score (nSPS) is 10.9. The number of aryl methyl sites for hydroxylation is 2. The molecule has 0 bridgehead atoms. The maximum absolute atomic E-state index is 12.8. The van der Waals surface area contributed by atoms with E-state index >= 15 is 0 Å². The van der Waals surface area contributed by atoms with Crippen LogP contribution in [0.25, 0.3) is 22.1 Å². The predicted octanol–water partition coefficient (Wildman–Crippen LogP) is 7.67. The minimum Gasteiger partial charge on any atom is -0.440 e. The summed E-state index contributed by atoms with van der Waals surface area (Å²) in [4.78, 5) is 12.8. The van der Waals surface area contributed by atoms with Gasteiger partial charge >= 0.3 is 6.03 Å². The molecule has 0 aliphatic rings. The molecule has 1 aromatic heterocycles. The number of nitrogens with one attached hydrogen (secondary N) is 2. The molecule has 6 heteroatoms. The summed E-state index contributed by atoms with van der Waals surface area (Å²) in [5, 5.41) is 7.62. The van der Waals surface area contributed by atoms with E-state index in [0.717, 1.165) is 27.8 Å². The van der Waals surface area contributed by atoms with Crippen molar-refractivity contribution in [3.8, 4) is 11.1 Å². The molecular formula is C23H18Cl2N2O2. The summed E-state index contributed by atoms with van der Waals surface area (Å²) in [7, 11) is 0. The number of amides is 2. The number of hydrogen-bond acceptors (Lipinski definition) is 2. The van der Waals surface area contributed by atoms with Gasteiger partial charge in [-0.25, -0.2) is 4.79 Å². The first-order valence-electron chi connectivity index (χ1n) is 9.05. The van der Waals surface area contributed by atoms with Crippen LogP contribution in [0.2, 0.25) is 10.0 Å². The predicted molar refractivity (Wildman–Crippen MR) is 120 cm³/mol. The maximum atomic E-state index is 12.8. The lowest BCUT2D eigenvalue weighted by Crippen LogP contribution is -2.20. The molecule has 4 aromatic rings. The average Bonchev–Trinajstić information content (AvgIpc) is 3.02. The van der Waals surface area contributed by atoms with Gasteiger partial charge in [0.25, 0.3) is 0 Å². The van der Waals surface area contributed by atoms with E-state index in [9.17, 15) is 4.79 Å². The van der Waals surface area contributed by atoms with Gasteiger partial charge in [0.1, 0.15) is 5.58 Å². The SMILES string of the molecule is Cc1cccc(C)c1NC(=O)Nc1oc2ccc(Cl)cc2c1-c1ccccc1Cl. The standard InChI is InChI=1S/C23H18Cl2N2O2/c1-13-6-5-7-14(2)21(13)26-23(28)27-22-20(16-8-3-4-9-18(16)25)17-12-15(24)10-11-19(17)29-22/h3-12H,1-2H3,(H2,26,27,28). The van der Waals surface area contributed by atoms with E-state index in [0.29, 0.717) is 27.1 Å². The van der Waals surface area contributed by atoms with Crippen molar-refractivity contribution in [2.24, 2.45) is 0 Å². The van der Waals surface area contributed by atoms with Crippen molar-refractivity contribution in [2.75, 3.05) is 10.6 Å². The summed E-state index contributed by atoms with van der Waals surface area (Å²) in [5.74, 6) is 0.305. The largest absolute Gasteiger partial charge is 0.440 e. The van der Waals surface area contributed by atoms with Gasteiger partial charge in [-0.2, -0.15) is 0 Å². The van der Waals surface area contributed by atoms with Crippen LogP contribution in [0, 0.1) is 13.8 Å². The molecule has 4 nitrogen and oxygen atoms in total.